The molecular formula is C8H13N2O2. The van der Waals surface area contributed by atoms with Gasteiger partial charge in [-0.15, -0.1) is 0 Å². The lowest BCUT2D eigenvalue weighted by atomic mass is 10.2. The Kier molecular flexibility index (Phi) is 2.68. The van der Waals surface area contributed by atoms with Gasteiger partial charge in [-0.25, -0.2) is 0 Å². The van der Waals surface area contributed by atoms with Crippen molar-refractivity contribution in [3.63, 3.8) is 0 Å². The van der Waals surface area contributed by atoms with E-state index in [0.717, 1.165) is 6.42 Å². The lowest BCUT2D eigenvalue weighted by Crippen LogP contribution is -2.37. The summed E-state index contributed by atoms with van der Waals surface area (Å²) in [5, 5.41) is 0. The molecule has 0 unspecified atom stereocenters. The van der Waals surface area contributed by atoms with Crippen LogP contribution in [0.1, 0.15) is 13.3 Å². The topological polar surface area (TPSA) is 40.6 Å². The Balaban J connectivity index is 2.46. The molecule has 1 fully saturated rings. The van der Waals surface area contributed by atoms with Crippen LogP contribution in [0.3, 0.4) is 0 Å². The van der Waals surface area contributed by atoms with Crippen LogP contribution in [0.25, 0.3) is 0 Å². The summed E-state index contributed by atoms with van der Waals surface area (Å²) in [5.74, 6) is 0.0488. The largest absolute Gasteiger partial charge is 0.341 e. The maximum atomic E-state index is 10.9. The van der Waals surface area contributed by atoms with Gasteiger partial charge in [0.2, 0.25) is 5.91 Å². The van der Waals surface area contributed by atoms with Gasteiger partial charge in [-0.05, 0) is 6.42 Å². The Morgan fingerprint density at radius 3 is 2.75 bits per heavy atom. The molecule has 1 rings (SSSR count). The Labute approximate surface area is 72.1 Å². The molecule has 1 aliphatic rings. The third-order valence-electron chi connectivity index (χ3n) is 2.34. The number of nitrogens with zero attached hydrogens (tertiary/aromatic N) is 2. The fourth-order valence-corrected chi connectivity index (χ4v) is 1.40. The van der Waals surface area contributed by atoms with Gasteiger partial charge in [0.25, 0.3) is 0 Å². The zero-order chi connectivity index (χ0) is 9.14. The highest BCUT2D eigenvalue weighted by Gasteiger charge is 2.26. The van der Waals surface area contributed by atoms with Crippen molar-refractivity contribution in [1.82, 2.24) is 9.80 Å². The van der Waals surface area contributed by atoms with Crippen LogP contribution in [-0.4, -0.2) is 48.3 Å². The minimum atomic E-state index is 0.0488. The van der Waals surface area contributed by atoms with Crippen molar-refractivity contribution >= 4 is 12.3 Å². The molecule has 0 bridgehead atoms. The minimum absolute atomic E-state index is 0.0488. The molecule has 12 heavy (non-hydrogen) atoms. The molecule has 0 aromatic carbocycles. The normalized spacial score (nSPS) is 22.5. The predicted molar refractivity (Wildman–Crippen MR) is 44.1 cm³/mol. The standard InChI is InChI=1S/C8H13N2O2/c1-7(12)9(2)8-3-4-10(5-8)6-11/h8H,3-5H2,1-2H3/t8-/m0/s1. The van der Waals surface area contributed by atoms with Gasteiger partial charge in [0.1, 0.15) is 0 Å². The first-order valence-corrected chi connectivity index (χ1v) is 4.01. The Morgan fingerprint density at radius 1 is 1.67 bits per heavy atom. The highest BCUT2D eigenvalue weighted by molar-refractivity contribution is 5.73. The van der Waals surface area contributed by atoms with E-state index < -0.39 is 0 Å². The predicted octanol–water partition coefficient (Wildman–Crippen LogP) is -0.394. The smallest absolute Gasteiger partial charge is 0.312 e. The van der Waals surface area contributed by atoms with E-state index in [4.69, 9.17) is 0 Å². The van der Waals surface area contributed by atoms with Crippen LogP contribution in [0.4, 0.5) is 0 Å². The van der Waals surface area contributed by atoms with E-state index in [1.807, 2.05) is 6.41 Å². The number of rotatable bonds is 2. The van der Waals surface area contributed by atoms with E-state index in [-0.39, 0.29) is 11.9 Å². The second-order valence-corrected chi connectivity index (χ2v) is 3.11. The van der Waals surface area contributed by atoms with Crippen LogP contribution in [-0.2, 0) is 9.59 Å². The van der Waals surface area contributed by atoms with Crippen LogP contribution in [0, 0.1) is 0 Å². The van der Waals surface area contributed by atoms with Crippen molar-refractivity contribution in [2.45, 2.75) is 19.4 Å². The number of hydrogen-bond donors (Lipinski definition) is 0. The molecule has 0 spiro atoms. The highest BCUT2D eigenvalue weighted by Crippen LogP contribution is 2.12. The van der Waals surface area contributed by atoms with Gasteiger partial charge in [0.15, 0.2) is 0 Å². The molecule has 0 aromatic rings. The summed E-state index contributed by atoms with van der Waals surface area (Å²) in [6.07, 6.45) is 2.70. The van der Waals surface area contributed by atoms with E-state index in [1.165, 1.54) is 6.92 Å². The van der Waals surface area contributed by atoms with Gasteiger partial charge in [-0.1, -0.05) is 0 Å². The summed E-state index contributed by atoms with van der Waals surface area (Å²) in [6, 6.07) is 0.184. The maximum absolute atomic E-state index is 10.9. The van der Waals surface area contributed by atoms with Gasteiger partial charge in [0.05, 0.1) is 6.04 Å². The lowest BCUT2D eigenvalue weighted by molar-refractivity contribution is -0.129. The van der Waals surface area contributed by atoms with Gasteiger partial charge < -0.3 is 9.80 Å². The summed E-state index contributed by atoms with van der Waals surface area (Å²) in [5.41, 5.74) is 0. The quantitative estimate of drug-likeness (QED) is 0.564. The molecule has 0 aliphatic carbocycles. The fourth-order valence-electron chi connectivity index (χ4n) is 1.40. The summed E-state index contributed by atoms with van der Waals surface area (Å²) in [4.78, 5) is 24.4. The van der Waals surface area contributed by atoms with Crippen molar-refractivity contribution in [3.8, 4) is 0 Å². The maximum Gasteiger partial charge on any atom is 0.312 e. The summed E-state index contributed by atoms with van der Waals surface area (Å²) in [6.45, 7) is 2.87. The summed E-state index contributed by atoms with van der Waals surface area (Å²) >= 11 is 0. The number of likely N-dealkylation sites (N-methyl/N-ethyl adjacent to an activating group) is 1. The van der Waals surface area contributed by atoms with E-state index in [9.17, 15) is 9.59 Å². The van der Waals surface area contributed by atoms with Crippen LogP contribution >= 0.6 is 0 Å². The number of likely N-dealkylation sites (tertiary alicyclic amines) is 1. The fraction of sp³-hybridized carbons (Fsp3) is 0.750. The van der Waals surface area contributed by atoms with Crippen molar-refractivity contribution in [2.24, 2.45) is 0 Å². The molecule has 0 saturated carbocycles. The first kappa shape index (κ1) is 9.03. The second kappa shape index (κ2) is 3.56. The average molecular weight is 169 g/mol. The van der Waals surface area contributed by atoms with Crippen molar-refractivity contribution in [1.29, 1.82) is 0 Å². The number of carbonyl (C=O) groups excluding carboxylic acids is 2. The Bertz CT molecular complexity index is 193. The molecule has 1 atom stereocenters. The van der Waals surface area contributed by atoms with Crippen LogP contribution in [0.15, 0.2) is 0 Å². The molecule has 0 N–H and O–H groups in total. The molecule has 4 heteroatoms. The minimum Gasteiger partial charge on any atom is -0.341 e. The van der Waals surface area contributed by atoms with E-state index in [1.54, 1.807) is 16.8 Å². The zero-order valence-corrected chi connectivity index (χ0v) is 7.41. The first-order valence-electron chi connectivity index (χ1n) is 4.01. The molecule has 0 aromatic heterocycles. The Hall–Kier alpha value is -1.06. The highest BCUT2D eigenvalue weighted by atomic mass is 16.2. The number of amides is 2. The Morgan fingerprint density at radius 2 is 2.33 bits per heavy atom. The van der Waals surface area contributed by atoms with E-state index in [2.05, 4.69) is 0 Å². The average Bonchev–Trinajstić information content (AvgIpc) is 2.50. The molecule has 1 radical (unpaired) electrons. The van der Waals surface area contributed by atoms with Gasteiger partial charge in [0, 0.05) is 27.1 Å². The van der Waals surface area contributed by atoms with Crippen molar-refractivity contribution in [2.75, 3.05) is 20.1 Å². The van der Waals surface area contributed by atoms with Gasteiger partial charge >= 0.3 is 6.41 Å². The van der Waals surface area contributed by atoms with Crippen molar-refractivity contribution < 1.29 is 9.59 Å². The summed E-state index contributed by atoms with van der Waals surface area (Å²) in [7, 11) is 1.77. The summed E-state index contributed by atoms with van der Waals surface area (Å²) < 4.78 is 0. The molecular weight excluding hydrogens is 156 g/mol. The van der Waals surface area contributed by atoms with Gasteiger partial charge in [-0.3, -0.25) is 9.59 Å². The van der Waals surface area contributed by atoms with Crippen LogP contribution in [0.5, 0.6) is 0 Å². The van der Waals surface area contributed by atoms with Crippen molar-refractivity contribution in [3.05, 3.63) is 0 Å². The molecule has 2 amide bonds. The third kappa shape index (κ3) is 1.75. The molecule has 1 saturated heterocycles. The number of carbonyl (C=O) groups is 1. The van der Waals surface area contributed by atoms with E-state index in [0.29, 0.717) is 13.1 Å². The molecule has 1 aliphatic heterocycles. The zero-order valence-electron chi connectivity index (χ0n) is 7.41. The monoisotopic (exact) mass is 169 g/mol. The lowest BCUT2D eigenvalue weighted by Gasteiger charge is -2.22. The molecule has 67 valence electrons. The number of hydrogen-bond acceptors (Lipinski definition) is 2. The first-order chi connectivity index (χ1) is 5.65. The molecule has 1 heterocycles. The third-order valence-corrected chi connectivity index (χ3v) is 2.34. The SMILES string of the molecule is CC(=O)N(C)[C@H]1CCN([C]=O)C1. The van der Waals surface area contributed by atoms with Crippen LogP contribution in [0.2, 0.25) is 0 Å². The van der Waals surface area contributed by atoms with Crippen LogP contribution < -0.4 is 0 Å². The second-order valence-electron chi connectivity index (χ2n) is 3.11. The van der Waals surface area contributed by atoms with Gasteiger partial charge in [-0.2, -0.15) is 0 Å². The molecule has 4 nitrogen and oxygen atoms in total. The van der Waals surface area contributed by atoms with E-state index >= 15 is 0 Å².